The van der Waals surface area contributed by atoms with E-state index in [1.807, 2.05) is 0 Å². The molecule has 6 heteroatoms. The predicted octanol–water partition coefficient (Wildman–Crippen LogP) is 1.69. The lowest BCUT2D eigenvalue weighted by molar-refractivity contribution is -0.131. The van der Waals surface area contributed by atoms with Gasteiger partial charge in [-0.25, -0.2) is 4.79 Å². The van der Waals surface area contributed by atoms with Crippen molar-refractivity contribution in [1.82, 2.24) is 4.90 Å². The molecule has 0 aliphatic carbocycles. The molecule has 0 atom stereocenters. The predicted molar refractivity (Wildman–Crippen MR) is 74.2 cm³/mol. The van der Waals surface area contributed by atoms with Crippen molar-refractivity contribution in [2.75, 3.05) is 13.7 Å². The maximum Gasteiger partial charge on any atom is 0.328 e. The summed E-state index contributed by atoms with van der Waals surface area (Å²) in [6.07, 6.45) is 2.47. The molecule has 0 fully saturated rings. The molecule has 2 N–H and O–H groups in total. The second kappa shape index (κ2) is 5.99. The van der Waals surface area contributed by atoms with Gasteiger partial charge in [0.2, 0.25) is 0 Å². The third-order valence-corrected chi connectivity index (χ3v) is 3.75. The summed E-state index contributed by atoms with van der Waals surface area (Å²) in [5.41, 5.74) is -0.158. The highest BCUT2D eigenvalue weighted by atomic mass is 32.1. The van der Waals surface area contributed by atoms with Crippen molar-refractivity contribution < 1.29 is 19.8 Å². The number of rotatable bonds is 5. The van der Waals surface area contributed by atoms with Gasteiger partial charge in [-0.15, -0.1) is 11.3 Å². The molecule has 0 aliphatic heterocycles. The fraction of sp³-hybridized carbons (Fsp3) is 0.385. The van der Waals surface area contributed by atoms with Crippen molar-refractivity contribution in [3.05, 3.63) is 28.0 Å². The zero-order valence-electron chi connectivity index (χ0n) is 11.1. The molecule has 0 aliphatic rings. The van der Waals surface area contributed by atoms with Crippen LogP contribution in [0.3, 0.4) is 0 Å². The second-order valence-electron chi connectivity index (χ2n) is 4.74. The summed E-state index contributed by atoms with van der Waals surface area (Å²) in [6, 6.07) is 1.64. The van der Waals surface area contributed by atoms with Gasteiger partial charge in [0.15, 0.2) is 0 Å². The first-order valence-electron chi connectivity index (χ1n) is 5.66. The number of amides is 1. The summed E-state index contributed by atoms with van der Waals surface area (Å²) in [6.45, 7) is 3.40. The van der Waals surface area contributed by atoms with E-state index in [1.165, 1.54) is 22.3 Å². The van der Waals surface area contributed by atoms with Crippen LogP contribution in [0, 0.1) is 0 Å². The Labute approximate surface area is 115 Å². The number of nitrogens with zero attached hydrogens (tertiary/aromatic N) is 1. The van der Waals surface area contributed by atoms with Crippen LogP contribution in [-0.4, -0.2) is 46.2 Å². The molecule has 0 radical (unpaired) electrons. The van der Waals surface area contributed by atoms with Crippen molar-refractivity contribution in [3.8, 4) is 0 Å². The summed E-state index contributed by atoms with van der Waals surface area (Å²) in [5.74, 6) is -1.23. The third kappa shape index (κ3) is 3.90. The Balaban J connectivity index is 2.87. The summed E-state index contributed by atoms with van der Waals surface area (Å²) in [5, 5.41) is 19.4. The summed E-state index contributed by atoms with van der Waals surface area (Å²) >= 11 is 1.30. The van der Waals surface area contributed by atoms with Crippen LogP contribution in [-0.2, 0) is 4.79 Å². The van der Waals surface area contributed by atoms with Gasteiger partial charge in [0.1, 0.15) is 0 Å². The van der Waals surface area contributed by atoms with Gasteiger partial charge in [-0.2, -0.15) is 0 Å². The van der Waals surface area contributed by atoms with Crippen molar-refractivity contribution in [2.45, 2.75) is 19.4 Å². The molecule has 1 aromatic rings. The fourth-order valence-electron chi connectivity index (χ4n) is 1.28. The lowest BCUT2D eigenvalue weighted by atomic mass is 10.0. The summed E-state index contributed by atoms with van der Waals surface area (Å²) < 4.78 is 0. The molecule has 5 nitrogen and oxygen atoms in total. The molecule has 19 heavy (non-hydrogen) atoms. The molecule has 0 spiro atoms. The number of hydrogen-bond donors (Lipinski definition) is 2. The number of aliphatic hydroxyl groups is 1. The molecule has 0 unspecified atom stereocenters. The number of carboxylic acid groups (broad SMARTS) is 1. The lowest BCUT2D eigenvalue weighted by Gasteiger charge is -2.33. The highest BCUT2D eigenvalue weighted by molar-refractivity contribution is 7.11. The minimum Gasteiger partial charge on any atom is -0.478 e. The zero-order chi connectivity index (χ0) is 14.6. The van der Waals surface area contributed by atoms with E-state index in [-0.39, 0.29) is 12.5 Å². The van der Waals surface area contributed by atoms with Gasteiger partial charge < -0.3 is 15.1 Å². The molecule has 0 aromatic carbocycles. The van der Waals surface area contributed by atoms with Gasteiger partial charge in [-0.1, -0.05) is 0 Å². The Bertz CT molecular complexity index is 504. The molecule has 0 saturated heterocycles. The number of thiophene rings is 1. The highest BCUT2D eigenvalue weighted by Crippen LogP contribution is 2.21. The quantitative estimate of drug-likeness (QED) is 0.806. The maximum atomic E-state index is 12.2. The molecular formula is C13H17NO4S. The zero-order valence-corrected chi connectivity index (χ0v) is 11.9. The van der Waals surface area contributed by atoms with Crippen LogP contribution >= 0.6 is 11.3 Å². The van der Waals surface area contributed by atoms with Crippen LogP contribution in [0.1, 0.15) is 29.1 Å². The number of hydrogen-bond acceptors (Lipinski definition) is 4. The van der Waals surface area contributed by atoms with E-state index in [9.17, 15) is 14.7 Å². The van der Waals surface area contributed by atoms with Gasteiger partial charge in [-0.05, 0) is 26.0 Å². The molecule has 0 saturated carbocycles. The number of carbonyl (C=O) groups is 2. The summed E-state index contributed by atoms with van der Waals surface area (Å²) in [7, 11) is 1.63. The molecule has 1 rings (SSSR count). The van der Waals surface area contributed by atoms with E-state index in [0.29, 0.717) is 10.4 Å². The largest absolute Gasteiger partial charge is 0.478 e. The minimum atomic E-state index is -1.03. The number of aliphatic hydroxyl groups excluding tert-OH is 1. The van der Waals surface area contributed by atoms with Crippen molar-refractivity contribution in [1.29, 1.82) is 0 Å². The minimum absolute atomic E-state index is 0.134. The average Bonchev–Trinajstić information content (AvgIpc) is 2.83. The topological polar surface area (TPSA) is 77.8 Å². The van der Waals surface area contributed by atoms with Gasteiger partial charge in [0.25, 0.3) is 5.91 Å². The van der Waals surface area contributed by atoms with Crippen LogP contribution in [0.4, 0.5) is 0 Å². The van der Waals surface area contributed by atoms with E-state index >= 15 is 0 Å². The number of carboxylic acids is 1. The molecule has 0 bridgehead atoms. The summed E-state index contributed by atoms with van der Waals surface area (Å²) in [4.78, 5) is 24.8. The SMILES string of the molecule is CN(C(=O)c1csc(/C=C/C(=O)O)c1)C(C)(C)CO. The first kappa shape index (κ1) is 15.4. The van der Waals surface area contributed by atoms with E-state index in [2.05, 4.69) is 0 Å². The first-order valence-corrected chi connectivity index (χ1v) is 6.54. The highest BCUT2D eigenvalue weighted by Gasteiger charge is 2.27. The van der Waals surface area contributed by atoms with E-state index in [4.69, 9.17) is 5.11 Å². The molecule has 1 aromatic heterocycles. The smallest absolute Gasteiger partial charge is 0.328 e. The number of carbonyl (C=O) groups excluding carboxylic acids is 1. The van der Waals surface area contributed by atoms with Gasteiger partial charge in [-0.3, -0.25) is 4.79 Å². The average molecular weight is 283 g/mol. The molecule has 1 heterocycles. The molecular weight excluding hydrogens is 266 g/mol. The van der Waals surface area contributed by atoms with E-state index in [1.54, 1.807) is 32.3 Å². The van der Waals surface area contributed by atoms with Gasteiger partial charge >= 0.3 is 5.97 Å². The Hall–Kier alpha value is -1.66. The number of likely N-dealkylation sites (N-methyl/N-ethyl adjacent to an activating group) is 1. The Morgan fingerprint density at radius 3 is 2.63 bits per heavy atom. The fourth-order valence-corrected chi connectivity index (χ4v) is 2.05. The van der Waals surface area contributed by atoms with E-state index < -0.39 is 11.5 Å². The van der Waals surface area contributed by atoms with Gasteiger partial charge in [0.05, 0.1) is 17.7 Å². The lowest BCUT2D eigenvalue weighted by Crippen LogP contribution is -2.47. The van der Waals surface area contributed by atoms with Crippen molar-refractivity contribution in [3.63, 3.8) is 0 Å². The Morgan fingerprint density at radius 1 is 1.47 bits per heavy atom. The van der Waals surface area contributed by atoms with Crippen LogP contribution in [0.15, 0.2) is 17.5 Å². The molecule has 1 amide bonds. The van der Waals surface area contributed by atoms with Crippen LogP contribution in [0.25, 0.3) is 6.08 Å². The number of aliphatic carboxylic acids is 1. The normalized spacial score (nSPS) is 11.8. The van der Waals surface area contributed by atoms with Gasteiger partial charge in [0, 0.05) is 23.4 Å². The third-order valence-electron chi connectivity index (χ3n) is 2.86. The van der Waals surface area contributed by atoms with E-state index in [0.717, 1.165) is 6.08 Å². The molecule has 104 valence electrons. The van der Waals surface area contributed by atoms with Crippen LogP contribution < -0.4 is 0 Å². The first-order chi connectivity index (χ1) is 8.77. The van der Waals surface area contributed by atoms with Crippen LogP contribution in [0.2, 0.25) is 0 Å². The van der Waals surface area contributed by atoms with Crippen molar-refractivity contribution in [2.24, 2.45) is 0 Å². The second-order valence-corrected chi connectivity index (χ2v) is 5.69. The van der Waals surface area contributed by atoms with Crippen LogP contribution in [0.5, 0.6) is 0 Å². The standard InChI is InChI=1S/C13H17NO4S/c1-13(2,8-15)14(3)12(18)9-6-10(19-7-9)4-5-11(16)17/h4-7,15H,8H2,1-3H3,(H,16,17)/b5-4+. The van der Waals surface area contributed by atoms with Crippen molar-refractivity contribution >= 4 is 29.3 Å². The monoisotopic (exact) mass is 283 g/mol. The Morgan fingerprint density at radius 2 is 2.11 bits per heavy atom. The maximum absolute atomic E-state index is 12.2. The Kier molecular flexibility index (Phi) is 4.85.